The largest absolute Gasteiger partial charge is 1.00 e. The predicted molar refractivity (Wildman–Crippen MR) is 104 cm³/mol. The number of aromatic nitrogens is 1. The number of fused-ring (bicyclic) bond motifs is 1. The summed E-state index contributed by atoms with van der Waals surface area (Å²) < 4.78 is 4.85. The smallest absolute Gasteiger partial charge is 0.411 e. The maximum absolute atomic E-state index is 11.5. The Bertz CT molecular complexity index is 946. The van der Waals surface area contributed by atoms with Gasteiger partial charge in [0.15, 0.2) is 0 Å². The average Bonchev–Trinajstić information content (AvgIpc) is 2.64. The number of ether oxygens (including phenoxy) is 1. The molecular formula is C20H23ClN4O2. The van der Waals surface area contributed by atoms with Crippen LogP contribution in [0.5, 0.6) is 0 Å². The monoisotopic (exact) mass is 386 g/mol. The molecule has 3 rings (SSSR count). The fourth-order valence-electron chi connectivity index (χ4n) is 2.86. The zero-order valence-corrected chi connectivity index (χ0v) is 16.1. The van der Waals surface area contributed by atoms with Crippen LogP contribution in [0.25, 0.3) is 10.8 Å². The number of carbonyl (C=O) groups is 1. The van der Waals surface area contributed by atoms with Crippen molar-refractivity contribution < 1.29 is 26.9 Å². The summed E-state index contributed by atoms with van der Waals surface area (Å²) in [6, 6.07) is 16.2. The molecule has 7 heteroatoms. The van der Waals surface area contributed by atoms with Gasteiger partial charge in [-0.3, -0.25) is 5.32 Å². The molecule has 0 bridgehead atoms. The number of H-pyrrole nitrogens is 1. The van der Waals surface area contributed by atoms with Gasteiger partial charge in [0.25, 0.3) is 0 Å². The minimum Gasteiger partial charge on any atom is -1.00 e. The highest BCUT2D eigenvalue weighted by Gasteiger charge is 2.11. The number of nitrogens with two attached hydrogens (primary N) is 1. The summed E-state index contributed by atoms with van der Waals surface area (Å²) in [6.07, 6.45) is -0.528. The fourth-order valence-corrected chi connectivity index (χ4v) is 2.86. The van der Waals surface area contributed by atoms with E-state index in [1.165, 1.54) is 21.9 Å². The Kier molecular flexibility index (Phi) is 6.85. The number of nitrogens with one attached hydrogen (secondary N) is 3. The van der Waals surface area contributed by atoms with Gasteiger partial charge in [0.05, 0.1) is 13.2 Å². The number of carbonyl (C=O) groups excluding carboxylic acids is 1. The highest BCUT2D eigenvalue weighted by Crippen LogP contribution is 2.23. The molecule has 27 heavy (non-hydrogen) atoms. The summed E-state index contributed by atoms with van der Waals surface area (Å²) >= 11 is 0. The van der Waals surface area contributed by atoms with E-state index in [-0.39, 0.29) is 12.4 Å². The SMILES string of the molecule is CCOC(=O)Nc1ccc(NCc2ccc(C)c3ccccc23)[nH+]c1N.[Cl-]. The molecule has 2 aromatic carbocycles. The van der Waals surface area contributed by atoms with Crippen molar-refractivity contribution in [1.82, 2.24) is 0 Å². The van der Waals surface area contributed by atoms with Gasteiger partial charge >= 0.3 is 6.09 Å². The highest BCUT2D eigenvalue weighted by molar-refractivity contribution is 5.89. The molecular weight excluding hydrogens is 364 g/mol. The standard InChI is InChI=1S/C20H22N4O2.ClH/c1-3-26-20(25)23-17-10-11-18(24-19(17)21)22-12-14-9-8-13(2)15-6-4-5-7-16(14)15;/h4-11H,3,12H2,1-2H3,(H,23,25)(H3,21,22,24);1H. The van der Waals surface area contributed by atoms with Crippen molar-refractivity contribution >= 4 is 34.2 Å². The maximum Gasteiger partial charge on any atom is 0.411 e. The Morgan fingerprint density at radius 2 is 1.85 bits per heavy atom. The van der Waals surface area contributed by atoms with Crippen LogP contribution in [0.1, 0.15) is 18.1 Å². The zero-order valence-electron chi connectivity index (χ0n) is 15.3. The van der Waals surface area contributed by atoms with Crippen molar-refractivity contribution in [1.29, 1.82) is 0 Å². The molecule has 0 saturated heterocycles. The van der Waals surface area contributed by atoms with Crippen LogP contribution in [0.4, 0.5) is 22.1 Å². The van der Waals surface area contributed by atoms with Crippen molar-refractivity contribution in [3.05, 3.63) is 59.7 Å². The fraction of sp³-hybridized carbons (Fsp3) is 0.200. The van der Waals surface area contributed by atoms with Crippen molar-refractivity contribution in [2.75, 3.05) is 23.0 Å². The number of benzene rings is 2. The van der Waals surface area contributed by atoms with E-state index in [1.54, 1.807) is 13.0 Å². The Hall–Kier alpha value is -2.99. The molecule has 0 spiro atoms. The van der Waals surface area contributed by atoms with Crippen LogP contribution >= 0.6 is 0 Å². The molecule has 0 aliphatic rings. The second kappa shape index (κ2) is 9.09. The minimum absolute atomic E-state index is 0. The number of halogens is 1. The molecule has 1 heterocycles. The normalized spacial score (nSPS) is 10.1. The van der Waals surface area contributed by atoms with Crippen molar-refractivity contribution in [3.8, 4) is 0 Å². The third kappa shape index (κ3) is 4.80. The van der Waals surface area contributed by atoms with E-state index in [0.29, 0.717) is 24.7 Å². The highest BCUT2D eigenvalue weighted by atomic mass is 35.5. The van der Waals surface area contributed by atoms with E-state index in [9.17, 15) is 4.79 Å². The molecule has 6 nitrogen and oxygen atoms in total. The lowest BCUT2D eigenvalue weighted by Gasteiger charge is -2.10. The van der Waals surface area contributed by atoms with E-state index in [4.69, 9.17) is 10.5 Å². The number of aromatic amines is 1. The number of hydrogen-bond acceptors (Lipinski definition) is 4. The van der Waals surface area contributed by atoms with Gasteiger partial charge in [-0.1, -0.05) is 36.4 Å². The van der Waals surface area contributed by atoms with Crippen LogP contribution in [0.2, 0.25) is 0 Å². The van der Waals surface area contributed by atoms with E-state index in [1.807, 2.05) is 12.1 Å². The van der Waals surface area contributed by atoms with Crippen molar-refractivity contribution in [2.24, 2.45) is 0 Å². The summed E-state index contributed by atoms with van der Waals surface area (Å²) in [5.74, 6) is 1.12. The number of nitrogen functional groups attached to an aromatic ring is 1. The second-order valence-electron chi connectivity index (χ2n) is 5.99. The number of anilines is 3. The molecule has 0 radical (unpaired) electrons. The van der Waals surface area contributed by atoms with Gasteiger partial charge in [-0.05, 0) is 41.8 Å². The van der Waals surface area contributed by atoms with Crippen LogP contribution in [0.3, 0.4) is 0 Å². The third-order valence-electron chi connectivity index (χ3n) is 4.19. The number of pyridine rings is 1. The van der Waals surface area contributed by atoms with Gasteiger partial charge in [0.2, 0.25) is 11.6 Å². The molecule has 0 fully saturated rings. The first kappa shape index (κ1) is 20.3. The van der Waals surface area contributed by atoms with E-state index < -0.39 is 6.09 Å². The summed E-state index contributed by atoms with van der Waals surface area (Å²) in [4.78, 5) is 14.5. The van der Waals surface area contributed by atoms with Gasteiger partial charge in [0.1, 0.15) is 5.69 Å². The number of hydrogen-bond donors (Lipinski definition) is 3. The molecule has 5 N–H and O–H groups in total. The minimum atomic E-state index is -0.528. The Labute approximate surface area is 164 Å². The lowest BCUT2D eigenvalue weighted by molar-refractivity contribution is -0.342. The summed E-state index contributed by atoms with van der Waals surface area (Å²) in [6.45, 7) is 4.82. The lowest BCUT2D eigenvalue weighted by Crippen LogP contribution is -3.00. The molecule has 0 atom stereocenters. The topological polar surface area (TPSA) is 90.5 Å². The van der Waals surface area contributed by atoms with E-state index in [2.05, 4.69) is 52.9 Å². The van der Waals surface area contributed by atoms with Gasteiger partial charge in [-0.15, -0.1) is 0 Å². The molecule has 1 amide bonds. The Morgan fingerprint density at radius 1 is 1.11 bits per heavy atom. The summed E-state index contributed by atoms with van der Waals surface area (Å²) in [5, 5.41) is 8.42. The molecule has 0 aliphatic carbocycles. The summed E-state index contributed by atoms with van der Waals surface area (Å²) in [5.41, 5.74) is 8.92. The first-order valence-corrected chi connectivity index (χ1v) is 8.55. The number of rotatable bonds is 5. The van der Waals surface area contributed by atoms with Gasteiger partial charge < -0.3 is 28.2 Å². The number of aryl methyl sites for hydroxylation is 1. The van der Waals surface area contributed by atoms with Crippen molar-refractivity contribution in [2.45, 2.75) is 20.4 Å². The molecule has 0 aliphatic heterocycles. The molecule has 142 valence electrons. The van der Waals surface area contributed by atoms with E-state index in [0.717, 1.165) is 5.82 Å². The molecule has 0 unspecified atom stereocenters. The van der Waals surface area contributed by atoms with Gasteiger partial charge in [-0.2, -0.15) is 0 Å². The Morgan fingerprint density at radius 3 is 2.56 bits per heavy atom. The molecule has 0 saturated carbocycles. The second-order valence-corrected chi connectivity index (χ2v) is 5.99. The first-order chi connectivity index (χ1) is 12.6. The zero-order chi connectivity index (χ0) is 18.5. The van der Waals surface area contributed by atoms with Gasteiger partial charge in [-0.25, -0.2) is 9.78 Å². The van der Waals surface area contributed by atoms with Crippen LogP contribution in [0.15, 0.2) is 48.5 Å². The maximum atomic E-state index is 11.5. The van der Waals surface area contributed by atoms with Crippen LogP contribution in [-0.4, -0.2) is 12.7 Å². The third-order valence-corrected chi connectivity index (χ3v) is 4.19. The number of amides is 1. The quantitative estimate of drug-likeness (QED) is 0.603. The Balaban J connectivity index is 0.00000261. The predicted octanol–water partition coefficient (Wildman–Crippen LogP) is 0.729. The van der Waals surface area contributed by atoms with Crippen LogP contribution < -0.4 is 33.8 Å². The first-order valence-electron chi connectivity index (χ1n) is 8.55. The van der Waals surface area contributed by atoms with Crippen LogP contribution in [-0.2, 0) is 11.3 Å². The summed E-state index contributed by atoms with van der Waals surface area (Å²) in [7, 11) is 0. The lowest BCUT2D eigenvalue weighted by atomic mass is 10.0. The molecule has 1 aromatic heterocycles. The van der Waals surface area contributed by atoms with E-state index >= 15 is 0 Å². The average molecular weight is 387 g/mol. The van der Waals surface area contributed by atoms with Crippen molar-refractivity contribution in [3.63, 3.8) is 0 Å². The van der Waals surface area contributed by atoms with Gasteiger partial charge in [0, 0.05) is 6.07 Å². The molecule has 3 aromatic rings. The van der Waals surface area contributed by atoms with Crippen LogP contribution in [0, 0.1) is 6.92 Å².